The molecule has 0 radical (unpaired) electrons. The van der Waals surface area contributed by atoms with Crippen LogP contribution < -0.4 is 16.0 Å². The number of hydrogen-bond acceptors (Lipinski definition) is 3. The van der Waals surface area contributed by atoms with E-state index in [0.29, 0.717) is 18.0 Å². The second kappa shape index (κ2) is 9.20. The Balaban J connectivity index is 0.00000312. The van der Waals surface area contributed by atoms with Crippen LogP contribution in [-0.2, 0) is 11.3 Å². The van der Waals surface area contributed by atoms with Crippen LogP contribution in [0.1, 0.15) is 50.0 Å². The van der Waals surface area contributed by atoms with Crippen molar-refractivity contribution in [2.24, 2.45) is 11.3 Å². The fraction of sp³-hybridized carbons (Fsp3) is 0.579. The quantitative estimate of drug-likeness (QED) is 0.765. The van der Waals surface area contributed by atoms with Gasteiger partial charge in [-0.2, -0.15) is 0 Å². The molecule has 0 saturated carbocycles. The summed E-state index contributed by atoms with van der Waals surface area (Å²) in [6.45, 7) is 10.2. The number of amides is 2. The van der Waals surface area contributed by atoms with Crippen LogP contribution in [0.4, 0.5) is 0 Å². The van der Waals surface area contributed by atoms with Crippen molar-refractivity contribution in [2.75, 3.05) is 13.1 Å². The Morgan fingerprint density at radius 1 is 1.20 bits per heavy atom. The van der Waals surface area contributed by atoms with Gasteiger partial charge in [0.2, 0.25) is 5.91 Å². The molecule has 6 heteroatoms. The van der Waals surface area contributed by atoms with Crippen molar-refractivity contribution >= 4 is 24.2 Å². The number of halogens is 1. The van der Waals surface area contributed by atoms with E-state index in [1.165, 1.54) is 0 Å². The minimum Gasteiger partial charge on any atom is -0.352 e. The van der Waals surface area contributed by atoms with Gasteiger partial charge in [-0.3, -0.25) is 9.59 Å². The number of carbonyl (C=O) groups is 2. The van der Waals surface area contributed by atoms with E-state index in [1.807, 2.05) is 45.0 Å². The average Bonchev–Trinajstić information content (AvgIpc) is 2.54. The highest BCUT2D eigenvalue weighted by Gasteiger charge is 2.23. The maximum Gasteiger partial charge on any atom is 0.251 e. The minimum atomic E-state index is -0.397. The fourth-order valence-corrected chi connectivity index (χ4v) is 2.70. The lowest BCUT2D eigenvalue weighted by Crippen LogP contribution is -2.48. The molecule has 2 amide bonds. The highest BCUT2D eigenvalue weighted by atomic mass is 35.5. The highest BCUT2D eigenvalue weighted by molar-refractivity contribution is 5.94. The summed E-state index contributed by atoms with van der Waals surface area (Å²) in [6.07, 6.45) is 0.962. The monoisotopic (exact) mass is 367 g/mol. The first-order chi connectivity index (χ1) is 11.3. The first-order valence-corrected chi connectivity index (χ1v) is 8.66. The van der Waals surface area contributed by atoms with Crippen molar-refractivity contribution in [3.05, 3.63) is 35.4 Å². The molecular weight excluding hydrogens is 338 g/mol. The molecular formula is C19H30ClN3O2. The molecule has 2 atom stereocenters. The molecule has 0 aliphatic carbocycles. The van der Waals surface area contributed by atoms with E-state index in [4.69, 9.17) is 0 Å². The molecule has 140 valence electrons. The summed E-state index contributed by atoms with van der Waals surface area (Å²) in [5.41, 5.74) is 1.25. The molecule has 1 aromatic rings. The van der Waals surface area contributed by atoms with Crippen molar-refractivity contribution in [2.45, 2.75) is 46.7 Å². The van der Waals surface area contributed by atoms with Gasteiger partial charge in [0.15, 0.2) is 0 Å². The topological polar surface area (TPSA) is 70.2 Å². The third kappa shape index (κ3) is 6.33. The van der Waals surface area contributed by atoms with Crippen molar-refractivity contribution in [3.63, 3.8) is 0 Å². The molecule has 3 N–H and O–H groups in total. The summed E-state index contributed by atoms with van der Waals surface area (Å²) < 4.78 is 0. The van der Waals surface area contributed by atoms with Crippen LogP contribution in [0.2, 0.25) is 0 Å². The van der Waals surface area contributed by atoms with Gasteiger partial charge < -0.3 is 16.0 Å². The summed E-state index contributed by atoms with van der Waals surface area (Å²) in [4.78, 5) is 24.3. The summed E-state index contributed by atoms with van der Waals surface area (Å²) in [6, 6.07) is 7.65. The molecule has 2 unspecified atom stereocenters. The molecule has 5 nitrogen and oxygen atoms in total. The number of piperidine rings is 1. The zero-order chi connectivity index (χ0) is 17.7. The van der Waals surface area contributed by atoms with E-state index in [-0.39, 0.29) is 30.3 Å². The summed E-state index contributed by atoms with van der Waals surface area (Å²) >= 11 is 0. The predicted molar refractivity (Wildman–Crippen MR) is 103 cm³/mol. The number of hydrogen-bond donors (Lipinski definition) is 3. The van der Waals surface area contributed by atoms with Gasteiger partial charge in [0.25, 0.3) is 5.91 Å². The zero-order valence-corrected chi connectivity index (χ0v) is 16.3. The Kier molecular flexibility index (Phi) is 7.90. The Hall–Kier alpha value is -1.59. The molecule has 25 heavy (non-hydrogen) atoms. The fourth-order valence-electron chi connectivity index (χ4n) is 2.70. The Labute approximate surface area is 156 Å². The maximum atomic E-state index is 12.4. The highest BCUT2D eigenvalue weighted by Crippen LogP contribution is 2.14. The molecule has 1 aromatic carbocycles. The van der Waals surface area contributed by atoms with Gasteiger partial charge >= 0.3 is 0 Å². The van der Waals surface area contributed by atoms with Crippen LogP contribution in [-0.4, -0.2) is 30.9 Å². The van der Waals surface area contributed by atoms with E-state index in [0.717, 1.165) is 25.1 Å². The molecule has 0 aromatic heterocycles. The number of carbonyl (C=O) groups excluding carboxylic acids is 2. The first-order valence-electron chi connectivity index (χ1n) is 8.66. The average molecular weight is 368 g/mol. The number of rotatable bonds is 4. The van der Waals surface area contributed by atoms with Crippen LogP contribution in [0, 0.1) is 11.3 Å². The third-order valence-electron chi connectivity index (χ3n) is 4.45. The van der Waals surface area contributed by atoms with Crippen molar-refractivity contribution in [3.8, 4) is 0 Å². The lowest BCUT2D eigenvalue weighted by atomic mass is 9.95. The van der Waals surface area contributed by atoms with Crippen molar-refractivity contribution < 1.29 is 9.59 Å². The van der Waals surface area contributed by atoms with Gasteiger partial charge in [0.1, 0.15) is 0 Å². The second-order valence-electron chi connectivity index (χ2n) is 7.68. The molecule has 1 aliphatic heterocycles. The van der Waals surface area contributed by atoms with Crippen LogP contribution in [0.15, 0.2) is 24.3 Å². The van der Waals surface area contributed by atoms with E-state index in [2.05, 4.69) is 22.9 Å². The van der Waals surface area contributed by atoms with E-state index < -0.39 is 5.41 Å². The summed E-state index contributed by atoms with van der Waals surface area (Å²) in [5.74, 6) is 0.429. The molecule has 1 heterocycles. The third-order valence-corrected chi connectivity index (χ3v) is 4.45. The first kappa shape index (κ1) is 21.5. The van der Waals surface area contributed by atoms with Crippen molar-refractivity contribution in [1.82, 2.24) is 16.0 Å². The normalized spacial score (nSPS) is 20.3. The van der Waals surface area contributed by atoms with Crippen LogP contribution in [0.3, 0.4) is 0 Å². The summed E-state index contributed by atoms with van der Waals surface area (Å²) in [5, 5.41) is 9.37. The van der Waals surface area contributed by atoms with Gasteiger partial charge in [-0.1, -0.05) is 39.8 Å². The molecule has 2 rings (SSSR count). The van der Waals surface area contributed by atoms with Gasteiger partial charge in [-0.05, 0) is 43.1 Å². The predicted octanol–water partition coefficient (Wildman–Crippen LogP) is 2.50. The second-order valence-corrected chi connectivity index (χ2v) is 7.68. The minimum absolute atomic E-state index is 0. The SMILES string of the molecule is CC1CNCCC1NC(=O)c1ccc(CNC(=O)C(C)(C)C)cc1.Cl. The van der Waals surface area contributed by atoms with Gasteiger partial charge in [-0.25, -0.2) is 0 Å². The van der Waals surface area contributed by atoms with Crippen LogP contribution in [0.5, 0.6) is 0 Å². The lowest BCUT2D eigenvalue weighted by molar-refractivity contribution is -0.128. The van der Waals surface area contributed by atoms with Crippen molar-refractivity contribution in [1.29, 1.82) is 0 Å². The van der Waals surface area contributed by atoms with E-state index in [9.17, 15) is 9.59 Å². The Bertz CT molecular complexity index is 581. The van der Waals surface area contributed by atoms with Crippen LogP contribution >= 0.6 is 12.4 Å². The summed E-state index contributed by atoms with van der Waals surface area (Å²) in [7, 11) is 0. The number of benzene rings is 1. The molecule has 0 spiro atoms. The smallest absolute Gasteiger partial charge is 0.251 e. The van der Waals surface area contributed by atoms with Gasteiger partial charge in [0, 0.05) is 23.6 Å². The molecule has 1 aliphatic rings. The standard InChI is InChI=1S/C19H29N3O2.ClH/c1-13-11-20-10-9-16(13)22-17(23)15-7-5-14(6-8-15)12-21-18(24)19(2,3)4;/h5-8,13,16,20H,9-12H2,1-4H3,(H,21,24)(H,22,23);1H. The van der Waals surface area contributed by atoms with Gasteiger partial charge in [0.05, 0.1) is 0 Å². The van der Waals surface area contributed by atoms with E-state index >= 15 is 0 Å². The van der Waals surface area contributed by atoms with Crippen LogP contribution in [0.25, 0.3) is 0 Å². The molecule has 0 bridgehead atoms. The Morgan fingerprint density at radius 3 is 2.40 bits per heavy atom. The Morgan fingerprint density at radius 2 is 1.84 bits per heavy atom. The van der Waals surface area contributed by atoms with E-state index in [1.54, 1.807) is 0 Å². The number of nitrogens with one attached hydrogen (secondary N) is 3. The largest absolute Gasteiger partial charge is 0.352 e. The maximum absolute atomic E-state index is 12.4. The zero-order valence-electron chi connectivity index (χ0n) is 15.5. The van der Waals surface area contributed by atoms with Gasteiger partial charge in [-0.15, -0.1) is 12.4 Å². The molecule has 1 saturated heterocycles. The molecule has 1 fully saturated rings. The lowest BCUT2D eigenvalue weighted by Gasteiger charge is -2.30.